The summed E-state index contributed by atoms with van der Waals surface area (Å²) in [6.45, 7) is 1.80. The van der Waals surface area contributed by atoms with Crippen LogP contribution < -0.4 is 5.73 Å². The Hall–Kier alpha value is -1.47. The van der Waals surface area contributed by atoms with Gasteiger partial charge in [-0.3, -0.25) is 0 Å². The molecule has 2 unspecified atom stereocenters. The van der Waals surface area contributed by atoms with Crippen molar-refractivity contribution in [2.24, 2.45) is 0 Å². The number of aromatic nitrogens is 1. The van der Waals surface area contributed by atoms with E-state index in [1.165, 1.54) is 11.3 Å². The molecule has 1 aromatic carbocycles. The third-order valence-corrected chi connectivity index (χ3v) is 3.93. The summed E-state index contributed by atoms with van der Waals surface area (Å²) in [5, 5.41) is 28.9. The van der Waals surface area contributed by atoms with E-state index in [0.717, 1.165) is 16.1 Å². The highest BCUT2D eigenvalue weighted by atomic mass is 32.1. The Morgan fingerprint density at radius 3 is 2.40 bits per heavy atom. The van der Waals surface area contributed by atoms with Gasteiger partial charge in [0.25, 0.3) is 0 Å². The van der Waals surface area contributed by atoms with Gasteiger partial charge in [0.15, 0.2) is 5.13 Å². The molecule has 0 bridgehead atoms. The molecular formula is C14H18N2O3S. The van der Waals surface area contributed by atoms with Crippen molar-refractivity contribution in [3.05, 3.63) is 34.7 Å². The summed E-state index contributed by atoms with van der Waals surface area (Å²) in [7, 11) is 0. The van der Waals surface area contributed by atoms with Crippen LogP contribution in [0.4, 0.5) is 5.13 Å². The molecule has 108 valence electrons. The maximum Gasteiger partial charge on any atom is 0.180 e. The summed E-state index contributed by atoms with van der Waals surface area (Å²) in [4.78, 5) is 5.31. The average molecular weight is 294 g/mol. The number of hydrogen-bond donors (Lipinski definition) is 4. The Morgan fingerprint density at radius 2 is 1.90 bits per heavy atom. The fourth-order valence-corrected chi connectivity index (χ4v) is 2.75. The highest BCUT2D eigenvalue weighted by Gasteiger charge is 2.18. The van der Waals surface area contributed by atoms with Gasteiger partial charge in [-0.2, -0.15) is 0 Å². The summed E-state index contributed by atoms with van der Waals surface area (Å²) in [5.41, 5.74) is 8.04. The monoisotopic (exact) mass is 294 g/mol. The van der Waals surface area contributed by atoms with Gasteiger partial charge in [0.1, 0.15) is 6.10 Å². The van der Waals surface area contributed by atoms with E-state index >= 15 is 0 Å². The van der Waals surface area contributed by atoms with Crippen molar-refractivity contribution in [1.29, 1.82) is 0 Å². The number of aliphatic hydroxyl groups is 3. The van der Waals surface area contributed by atoms with Gasteiger partial charge in [0.2, 0.25) is 0 Å². The van der Waals surface area contributed by atoms with Gasteiger partial charge in [-0.15, -0.1) is 11.3 Å². The van der Waals surface area contributed by atoms with Crippen LogP contribution in [0.1, 0.15) is 23.0 Å². The third-order valence-electron chi connectivity index (χ3n) is 3.13. The van der Waals surface area contributed by atoms with Crippen LogP contribution in [0.5, 0.6) is 0 Å². The SMILES string of the molecule is Cc1sc(N)nc1-c1ccc(C(O)C(O)CCO)cc1. The lowest BCUT2D eigenvalue weighted by molar-refractivity contribution is 0.00422. The van der Waals surface area contributed by atoms with Crippen LogP contribution in [-0.4, -0.2) is 33.0 Å². The largest absolute Gasteiger partial charge is 0.396 e. The van der Waals surface area contributed by atoms with Gasteiger partial charge in [-0.05, 0) is 18.9 Å². The van der Waals surface area contributed by atoms with Gasteiger partial charge in [-0.1, -0.05) is 24.3 Å². The molecule has 0 fully saturated rings. The van der Waals surface area contributed by atoms with Crippen molar-refractivity contribution < 1.29 is 15.3 Å². The van der Waals surface area contributed by atoms with E-state index in [4.69, 9.17) is 10.8 Å². The Bertz CT molecular complexity index is 568. The van der Waals surface area contributed by atoms with Crippen LogP contribution in [0, 0.1) is 6.92 Å². The lowest BCUT2D eigenvalue weighted by atomic mass is 10.00. The lowest BCUT2D eigenvalue weighted by Gasteiger charge is -2.17. The van der Waals surface area contributed by atoms with E-state index in [0.29, 0.717) is 10.7 Å². The first kappa shape index (κ1) is 14.9. The minimum Gasteiger partial charge on any atom is -0.396 e. The second kappa shape index (κ2) is 6.32. The zero-order chi connectivity index (χ0) is 14.7. The third kappa shape index (κ3) is 3.16. The zero-order valence-corrected chi connectivity index (χ0v) is 12.0. The number of nitrogens with zero attached hydrogens (tertiary/aromatic N) is 1. The van der Waals surface area contributed by atoms with Gasteiger partial charge < -0.3 is 21.1 Å². The fourth-order valence-electron chi connectivity index (χ4n) is 2.04. The number of anilines is 1. The minimum atomic E-state index is -1.00. The van der Waals surface area contributed by atoms with E-state index in [1.54, 1.807) is 12.1 Å². The predicted molar refractivity (Wildman–Crippen MR) is 79.4 cm³/mol. The van der Waals surface area contributed by atoms with Gasteiger partial charge in [-0.25, -0.2) is 4.98 Å². The van der Waals surface area contributed by atoms with Crippen molar-refractivity contribution in [2.45, 2.75) is 25.6 Å². The maximum atomic E-state index is 9.95. The quantitative estimate of drug-likeness (QED) is 0.669. The predicted octanol–water partition coefficient (Wildman–Crippen LogP) is 1.48. The van der Waals surface area contributed by atoms with Crippen LogP contribution in [-0.2, 0) is 0 Å². The molecule has 2 rings (SSSR count). The highest BCUT2D eigenvalue weighted by molar-refractivity contribution is 7.15. The Balaban J connectivity index is 2.20. The molecule has 5 N–H and O–H groups in total. The topological polar surface area (TPSA) is 99.6 Å². The number of aliphatic hydroxyl groups excluding tert-OH is 3. The molecule has 5 nitrogen and oxygen atoms in total. The molecule has 0 saturated heterocycles. The number of nitrogens with two attached hydrogens (primary N) is 1. The Morgan fingerprint density at radius 1 is 1.25 bits per heavy atom. The summed E-state index contributed by atoms with van der Waals surface area (Å²) in [6, 6.07) is 7.17. The van der Waals surface area contributed by atoms with Crippen molar-refractivity contribution in [3.63, 3.8) is 0 Å². The second-order valence-corrected chi connectivity index (χ2v) is 5.84. The first-order chi connectivity index (χ1) is 9.52. The molecule has 0 aliphatic heterocycles. The van der Waals surface area contributed by atoms with Gasteiger partial charge in [0.05, 0.1) is 11.8 Å². The fraction of sp³-hybridized carbons (Fsp3) is 0.357. The Labute approximate surface area is 121 Å². The molecule has 2 atom stereocenters. The molecule has 0 spiro atoms. The van der Waals surface area contributed by atoms with Gasteiger partial charge >= 0.3 is 0 Å². The molecule has 2 aromatic rings. The molecule has 0 aliphatic carbocycles. The van der Waals surface area contributed by atoms with Crippen LogP contribution in [0.2, 0.25) is 0 Å². The van der Waals surface area contributed by atoms with E-state index in [1.807, 2.05) is 19.1 Å². The van der Waals surface area contributed by atoms with Gasteiger partial charge in [0, 0.05) is 17.0 Å². The second-order valence-electron chi connectivity index (χ2n) is 4.60. The lowest BCUT2D eigenvalue weighted by Crippen LogP contribution is -2.19. The summed E-state index contributed by atoms with van der Waals surface area (Å²) in [5.74, 6) is 0. The molecule has 0 saturated carbocycles. The van der Waals surface area contributed by atoms with Crippen molar-refractivity contribution in [1.82, 2.24) is 4.98 Å². The molecule has 20 heavy (non-hydrogen) atoms. The highest BCUT2D eigenvalue weighted by Crippen LogP contribution is 2.30. The maximum absolute atomic E-state index is 9.95. The summed E-state index contributed by atoms with van der Waals surface area (Å²) < 4.78 is 0. The van der Waals surface area contributed by atoms with Crippen LogP contribution in [0.15, 0.2) is 24.3 Å². The molecule has 1 heterocycles. The van der Waals surface area contributed by atoms with E-state index in [-0.39, 0.29) is 13.0 Å². The van der Waals surface area contributed by atoms with Crippen LogP contribution in [0.25, 0.3) is 11.3 Å². The van der Waals surface area contributed by atoms with E-state index in [2.05, 4.69) is 4.98 Å². The Kier molecular flexibility index (Phi) is 4.72. The van der Waals surface area contributed by atoms with Crippen LogP contribution in [0.3, 0.4) is 0 Å². The summed E-state index contributed by atoms with van der Waals surface area (Å²) in [6.07, 6.45) is -1.83. The first-order valence-corrected chi connectivity index (χ1v) is 7.14. The number of aryl methyl sites for hydroxylation is 1. The van der Waals surface area contributed by atoms with Crippen molar-refractivity contribution >= 4 is 16.5 Å². The van der Waals surface area contributed by atoms with E-state index in [9.17, 15) is 10.2 Å². The summed E-state index contributed by atoms with van der Waals surface area (Å²) >= 11 is 1.44. The van der Waals surface area contributed by atoms with Crippen molar-refractivity contribution in [2.75, 3.05) is 12.3 Å². The number of nitrogen functional groups attached to an aromatic ring is 1. The standard InChI is InChI=1S/C14H18N2O3S/c1-8-12(16-14(15)20-8)9-2-4-10(5-3-9)13(19)11(18)6-7-17/h2-5,11,13,17-19H,6-7H2,1H3,(H2,15,16). The number of thiazole rings is 1. The number of rotatable bonds is 5. The normalized spacial score (nSPS) is 14.2. The van der Waals surface area contributed by atoms with E-state index < -0.39 is 12.2 Å². The number of hydrogen-bond acceptors (Lipinski definition) is 6. The number of benzene rings is 1. The first-order valence-electron chi connectivity index (χ1n) is 6.33. The smallest absolute Gasteiger partial charge is 0.180 e. The molecular weight excluding hydrogens is 276 g/mol. The molecule has 0 aliphatic rings. The molecule has 0 radical (unpaired) electrons. The van der Waals surface area contributed by atoms with Crippen LogP contribution >= 0.6 is 11.3 Å². The zero-order valence-electron chi connectivity index (χ0n) is 11.2. The average Bonchev–Trinajstić information content (AvgIpc) is 2.77. The molecule has 0 amide bonds. The minimum absolute atomic E-state index is 0.143. The van der Waals surface area contributed by atoms with Crippen molar-refractivity contribution in [3.8, 4) is 11.3 Å². The molecule has 6 heteroatoms. The molecule has 1 aromatic heterocycles.